The molecule has 4 rings (SSSR count). The SMILES string of the molecule is Cc1nc2nc(C(c3ccccc3)c3ccccc3)[nH]n2c(=O)c1C. The van der Waals surface area contributed by atoms with E-state index < -0.39 is 0 Å². The van der Waals surface area contributed by atoms with Crippen LogP contribution in [0.25, 0.3) is 5.78 Å². The van der Waals surface area contributed by atoms with Gasteiger partial charge in [-0.3, -0.25) is 9.89 Å². The van der Waals surface area contributed by atoms with Gasteiger partial charge in [0.15, 0.2) is 0 Å². The molecular weight excluding hydrogens is 312 g/mol. The molecule has 0 radical (unpaired) electrons. The van der Waals surface area contributed by atoms with Crippen LogP contribution in [0.4, 0.5) is 0 Å². The fraction of sp³-hybridized carbons (Fsp3) is 0.150. The maximum absolute atomic E-state index is 12.5. The minimum Gasteiger partial charge on any atom is -0.274 e. The quantitative estimate of drug-likeness (QED) is 0.627. The number of H-pyrrole nitrogens is 1. The molecule has 0 amide bonds. The fourth-order valence-electron chi connectivity index (χ4n) is 3.05. The number of benzene rings is 2. The van der Waals surface area contributed by atoms with Crippen molar-refractivity contribution in [3.05, 3.63) is 99.2 Å². The highest BCUT2D eigenvalue weighted by molar-refractivity contribution is 5.41. The van der Waals surface area contributed by atoms with Gasteiger partial charge < -0.3 is 0 Å². The van der Waals surface area contributed by atoms with Crippen LogP contribution >= 0.6 is 0 Å². The molecule has 0 spiro atoms. The van der Waals surface area contributed by atoms with Crippen molar-refractivity contribution in [1.82, 2.24) is 19.6 Å². The molecule has 0 aliphatic rings. The Hall–Kier alpha value is -3.21. The van der Waals surface area contributed by atoms with Gasteiger partial charge in [0.05, 0.1) is 5.92 Å². The van der Waals surface area contributed by atoms with Crippen molar-refractivity contribution in [1.29, 1.82) is 0 Å². The first-order chi connectivity index (χ1) is 12.1. The Balaban J connectivity index is 1.96. The second kappa shape index (κ2) is 6.02. The molecule has 0 saturated heterocycles. The van der Waals surface area contributed by atoms with Crippen molar-refractivity contribution in [3.63, 3.8) is 0 Å². The van der Waals surface area contributed by atoms with Crippen molar-refractivity contribution >= 4 is 5.78 Å². The third-order valence-corrected chi connectivity index (χ3v) is 4.52. The number of fused-ring (bicyclic) bond motifs is 1. The monoisotopic (exact) mass is 330 g/mol. The molecule has 0 aliphatic carbocycles. The summed E-state index contributed by atoms with van der Waals surface area (Å²) in [7, 11) is 0. The Kier molecular flexibility index (Phi) is 3.69. The number of aromatic nitrogens is 4. The lowest BCUT2D eigenvalue weighted by Crippen LogP contribution is -2.19. The molecule has 2 aromatic carbocycles. The summed E-state index contributed by atoms with van der Waals surface area (Å²) in [6.07, 6.45) is 0. The summed E-state index contributed by atoms with van der Waals surface area (Å²) in [6, 6.07) is 20.3. The van der Waals surface area contributed by atoms with Gasteiger partial charge in [0.25, 0.3) is 11.3 Å². The van der Waals surface area contributed by atoms with Crippen molar-refractivity contribution < 1.29 is 0 Å². The third-order valence-electron chi connectivity index (χ3n) is 4.52. The second-order valence-corrected chi connectivity index (χ2v) is 6.13. The van der Waals surface area contributed by atoms with E-state index in [1.807, 2.05) is 43.3 Å². The molecule has 0 fully saturated rings. The number of nitrogens with zero attached hydrogens (tertiary/aromatic N) is 3. The van der Waals surface area contributed by atoms with Crippen molar-refractivity contribution in [2.75, 3.05) is 0 Å². The van der Waals surface area contributed by atoms with Crippen molar-refractivity contribution in [2.45, 2.75) is 19.8 Å². The van der Waals surface area contributed by atoms with Crippen LogP contribution in [0.5, 0.6) is 0 Å². The van der Waals surface area contributed by atoms with E-state index in [1.165, 1.54) is 4.52 Å². The van der Waals surface area contributed by atoms with Crippen LogP contribution in [0.3, 0.4) is 0 Å². The van der Waals surface area contributed by atoms with Crippen LogP contribution in [0.2, 0.25) is 0 Å². The molecule has 0 atom stereocenters. The Bertz CT molecular complexity index is 1040. The smallest absolute Gasteiger partial charge is 0.274 e. The lowest BCUT2D eigenvalue weighted by atomic mass is 9.91. The Morgan fingerprint density at radius 1 is 0.880 bits per heavy atom. The first-order valence-electron chi connectivity index (χ1n) is 8.21. The van der Waals surface area contributed by atoms with Crippen LogP contribution in [-0.4, -0.2) is 19.6 Å². The van der Waals surface area contributed by atoms with E-state index in [9.17, 15) is 4.79 Å². The molecule has 5 nitrogen and oxygen atoms in total. The molecule has 1 N–H and O–H groups in total. The van der Waals surface area contributed by atoms with Gasteiger partial charge in [-0.25, -0.2) is 4.98 Å². The summed E-state index contributed by atoms with van der Waals surface area (Å²) >= 11 is 0. The molecule has 0 aliphatic heterocycles. The summed E-state index contributed by atoms with van der Waals surface area (Å²) in [4.78, 5) is 21.6. The Labute approximate surface area is 145 Å². The molecule has 0 bridgehead atoms. The predicted molar refractivity (Wildman–Crippen MR) is 96.9 cm³/mol. The van der Waals surface area contributed by atoms with E-state index in [-0.39, 0.29) is 11.5 Å². The highest BCUT2D eigenvalue weighted by Gasteiger charge is 2.21. The van der Waals surface area contributed by atoms with Gasteiger partial charge in [-0.05, 0) is 25.0 Å². The number of aryl methyl sites for hydroxylation is 1. The van der Waals surface area contributed by atoms with Gasteiger partial charge in [-0.2, -0.15) is 9.50 Å². The molecule has 25 heavy (non-hydrogen) atoms. The summed E-state index contributed by atoms with van der Waals surface area (Å²) in [5.41, 5.74) is 3.44. The molecule has 2 aromatic heterocycles. The molecule has 0 saturated carbocycles. The topological polar surface area (TPSA) is 63.1 Å². The second-order valence-electron chi connectivity index (χ2n) is 6.13. The van der Waals surface area contributed by atoms with E-state index >= 15 is 0 Å². The minimum atomic E-state index is -0.110. The van der Waals surface area contributed by atoms with Gasteiger partial charge in [-0.1, -0.05) is 60.7 Å². The zero-order chi connectivity index (χ0) is 17.4. The van der Waals surface area contributed by atoms with Gasteiger partial charge >= 0.3 is 0 Å². The summed E-state index contributed by atoms with van der Waals surface area (Å²) in [5.74, 6) is 1.01. The molecule has 124 valence electrons. The van der Waals surface area contributed by atoms with E-state index in [0.717, 1.165) is 11.1 Å². The van der Waals surface area contributed by atoms with Crippen LogP contribution < -0.4 is 5.56 Å². The van der Waals surface area contributed by atoms with Gasteiger partial charge in [0.2, 0.25) is 0 Å². The Morgan fingerprint density at radius 2 is 1.44 bits per heavy atom. The van der Waals surface area contributed by atoms with Crippen LogP contribution in [0.15, 0.2) is 65.5 Å². The number of aromatic amines is 1. The lowest BCUT2D eigenvalue weighted by molar-refractivity contribution is 0.808. The van der Waals surface area contributed by atoms with Gasteiger partial charge in [0, 0.05) is 11.3 Å². The number of nitrogens with one attached hydrogen (secondary N) is 1. The summed E-state index contributed by atoms with van der Waals surface area (Å²) < 4.78 is 1.43. The zero-order valence-corrected chi connectivity index (χ0v) is 14.1. The van der Waals surface area contributed by atoms with E-state index in [4.69, 9.17) is 0 Å². The van der Waals surface area contributed by atoms with Crippen LogP contribution in [0.1, 0.15) is 34.1 Å². The van der Waals surface area contributed by atoms with E-state index in [0.29, 0.717) is 22.9 Å². The van der Waals surface area contributed by atoms with Crippen molar-refractivity contribution in [2.24, 2.45) is 0 Å². The predicted octanol–water partition coefficient (Wildman–Crippen LogP) is 3.21. The summed E-state index contributed by atoms with van der Waals surface area (Å²) in [6.45, 7) is 3.61. The first-order valence-corrected chi connectivity index (χ1v) is 8.21. The lowest BCUT2D eigenvalue weighted by Gasteiger charge is -2.15. The van der Waals surface area contributed by atoms with Gasteiger partial charge in [0.1, 0.15) is 5.82 Å². The number of hydrogen-bond acceptors (Lipinski definition) is 3. The average molecular weight is 330 g/mol. The maximum Gasteiger partial charge on any atom is 0.277 e. The minimum absolute atomic E-state index is 0.0934. The molecule has 0 unspecified atom stereocenters. The standard InChI is InChI=1S/C20H18N4O/c1-13-14(2)21-20-22-18(23-24(20)19(13)25)17(15-9-5-3-6-10-15)16-11-7-4-8-12-16/h3-12,17H,1-2H3,(H,21,22,23). The first kappa shape index (κ1) is 15.3. The largest absolute Gasteiger partial charge is 0.277 e. The average Bonchev–Trinajstić information content (AvgIpc) is 3.05. The van der Waals surface area contributed by atoms with E-state index in [2.05, 4.69) is 39.3 Å². The highest BCUT2D eigenvalue weighted by Crippen LogP contribution is 2.29. The summed E-state index contributed by atoms with van der Waals surface area (Å²) in [5, 5.41) is 3.16. The number of hydrogen-bond donors (Lipinski definition) is 1. The van der Waals surface area contributed by atoms with Crippen LogP contribution in [-0.2, 0) is 0 Å². The van der Waals surface area contributed by atoms with Gasteiger partial charge in [-0.15, -0.1) is 0 Å². The third kappa shape index (κ3) is 2.63. The number of rotatable bonds is 3. The Morgan fingerprint density at radius 3 is 2.00 bits per heavy atom. The van der Waals surface area contributed by atoms with Crippen molar-refractivity contribution in [3.8, 4) is 0 Å². The van der Waals surface area contributed by atoms with Crippen LogP contribution in [0, 0.1) is 13.8 Å². The zero-order valence-electron chi connectivity index (χ0n) is 14.1. The van der Waals surface area contributed by atoms with E-state index in [1.54, 1.807) is 6.92 Å². The maximum atomic E-state index is 12.5. The fourth-order valence-corrected chi connectivity index (χ4v) is 3.05. The molecule has 5 heteroatoms. The molecular formula is C20H18N4O. The normalized spacial score (nSPS) is 11.3. The highest BCUT2D eigenvalue weighted by atomic mass is 16.1. The molecule has 2 heterocycles. The molecule has 4 aromatic rings.